The number of nitrogens with zero attached hydrogens (tertiary/aromatic N) is 1. The van der Waals surface area contributed by atoms with Crippen LogP contribution >= 0.6 is 0 Å². The van der Waals surface area contributed by atoms with Gasteiger partial charge in [-0.15, -0.1) is 0 Å². The lowest BCUT2D eigenvalue weighted by molar-refractivity contribution is 0.0699. The quantitative estimate of drug-likeness (QED) is 0.713. The van der Waals surface area contributed by atoms with Gasteiger partial charge in [0.1, 0.15) is 5.82 Å². The van der Waals surface area contributed by atoms with Crippen molar-refractivity contribution in [3.05, 3.63) is 65.1 Å². The maximum atomic E-state index is 13.5. The first kappa shape index (κ1) is 17.4. The number of carboxylic acid groups (broad SMARTS) is 1. The molecule has 0 saturated heterocycles. The fourth-order valence-corrected chi connectivity index (χ4v) is 2.57. The van der Waals surface area contributed by atoms with Gasteiger partial charge in [-0.3, -0.25) is 0 Å². The Morgan fingerprint density at radius 1 is 1.19 bits per heavy atom. The summed E-state index contributed by atoms with van der Waals surface area (Å²) in [5.74, 6) is -1.20. The minimum absolute atomic E-state index is 0.0384. The standard InChI is InChI=1S/C20H16FNO4/c1-2-26-19-9-12(4-8-18(19)23)3-6-14-11-16(20(24)25)15-7-5-13(21)10-17(15)22-14/h3-11,23H,2H2,1H3,(H,24,25). The number of ether oxygens (including phenoxy) is 1. The molecule has 0 bridgehead atoms. The number of phenols is 1. The average Bonchev–Trinajstić information content (AvgIpc) is 2.61. The molecular weight excluding hydrogens is 337 g/mol. The number of benzene rings is 2. The summed E-state index contributed by atoms with van der Waals surface area (Å²) in [6, 6.07) is 10.1. The third kappa shape index (κ3) is 3.64. The molecule has 0 atom stereocenters. The summed E-state index contributed by atoms with van der Waals surface area (Å²) in [4.78, 5) is 15.8. The second-order valence-electron chi connectivity index (χ2n) is 5.55. The van der Waals surface area contributed by atoms with E-state index in [9.17, 15) is 19.4 Å². The molecule has 132 valence electrons. The minimum atomic E-state index is -1.11. The summed E-state index contributed by atoms with van der Waals surface area (Å²) < 4.78 is 18.8. The Balaban J connectivity index is 2.02. The molecule has 0 fully saturated rings. The molecule has 0 saturated carbocycles. The lowest BCUT2D eigenvalue weighted by Crippen LogP contribution is -2.00. The van der Waals surface area contributed by atoms with Gasteiger partial charge in [0, 0.05) is 11.5 Å². The Kier molecular flexibility index (Phi) is 4.84. The highest BCUT2D eigenvalue weighted by molar-refractivity contribution is 6.03. The molecule has 6 heteroatoms. The van der Waals surface area contributed by atoms with Crippen molar-refractivity contribution in [2.75, 3.05) is 6.61 Å². The van der Waals surface area contributed by atoms with Crippen LogP contribution in [-0.4, -0.2) is 27.8 Å². The van der Waals surface area contributed by atoms with Gasteiger partial charge < -0.3 is 14.9 Å². The smallest absolute Gasteiger partial charge is 0.336 e. The van der Waals surface area contributed by atoms with Gasteiger partial charge in [0.2, 0.25) is 0 Å². The molecule has 26 heavy (non-hydrogen) atoms. The first-order valence-electron chi connectivity index (χ1n) is 7.95. The van der Waals surface area contributed by atoms with E-state index >= 15 is 0 Å². The van der Waals surface area contributed by atoms with Crippen LogP contribution in [0.5, 0.6) is 11.5 Å². The summed E-state index contributed by atoms with van der Waals surface area (Å²) >= 11 is 0. The Labute approximate surface area is 149 Å². The van der Waals surface area contributed by atoms with Crippen molar-refractivity contribution in [3.63, 3.8) is 0 Å². The number of fused-ring (bicyclic) bond motifs is 1. The second kappa shape index (κ2) is 7.23. The number of phenolic OH excluding ortho intramolecular Hbond substituents is 1. The van der Waals surface area contributed by atoms with Gasteiger partial charge in [0.15, 0.2) is 11.5 Å². The van der Waals surface area contributed by atoms with Crippen LogP contribution in [0.25, 0.3) is 23.1 Å². The number of hydrogen-bond acceptors (Lipinski definition) is 4. The number of hydrogen-bond donors (Lipinski definition) is 2. The van der Waals surface area contributed by atoms with E-state index in [1.807, 2.05) is 6.92 Å². The summed E-state index contributed by atoms with van der Waals surface area (Å²) in [6.45, 7) is 2.23. The van der Waals surface area contributed by atoms with E-state index in [4.69, 9.17) is 4.74 Å². The van der Waals surface area contributed by atoms with Gasteiger partial charge in [-0.2, -0.15) is 0 Å². The summed E-state index contributed by atoms with van der Waals surface area (Å²) in [7, 11) is 0. The fraction of sp³-hybridized carbons (Fsp3) is 0.100. The number of carboxylic acids is 1. The Bertz CT molecular complexity index is 1010. The molecule has 0 aliphatic rings. The molecule has 0 amide bonds. The van der Waals surface area contributed by atoms with Crippen molar-refractivity contribution < 1.29 is 24.1 Å². The van der Waals surface area contributed by atoms with Crippen molar-refractivity contribution >= 4 is 29.0 Å². The normalized spacial score (nSPS) is 11.2. The van der Waals surface area contributed by atoms with E-state index in [1.54, 1.807) is 24.3 Å². The van der Waals surface area contributed by atoms with E-state index in [-0.39, 0.29) is 16.8 Å². The first-order valence-corrected chi connectivity index (χ1v) is 7.95. The van der Waals surface area contributed by atoms with Crippen LogP contribution in [0.3, 0.4) is 0 Å². The summed E-state index contributed by atoms with van der Waals surface area (Å²) in [5.41, 5.74) is 1.44. The highest BCUT2D eigenvalue weighted by atomic mass is 19.1. The van der Waals surface area contributed by atoms with Crippen LogP contribution < -0.4 is 4.74 Å². The van der Waals surface area contributed by atoms with Crippen LogP contribution in [0.15, 0.2) is 42.5 Å². The zero-order valence-electron chi connectivity index (χ0n) is 13.9. The zero-order chi connectivity index (χ0) is 18.7. The lowest BCUT2D eigenvalue weighted by atomic mass is 10.1. The van der Waals surface area contributed by atoms with Gasteiger partial charge in [-0.25, -0.2) is 14.2 Å². The number of pyridine rings is 1. The summed E-state index contributed by atoms with van der Waals surface area (Å²) in [5, 5.41) is 19.5. The zero-order valence-corrected chi connectivity index (χ0v) is 13.9. The highest BCUT2D eigenvalue weighted by Gasteiger charge is 2.11. The maximum Gasteiger partial charge on any atom is 0.336 e. The van der Waals surface area contributed by atoms with Crippen molar-refractivity contribution in [1.29, 1.82) is 0 Å². The first-order chi connectivity index (χ1) is 12.5. The SMILES string of the molecule is CCOc1cc(C=Cc2cc(C(=O)O)c3ccc(F)cc3n2)ccc1O. The third-order valence-electron chi connectivity index (χ3n) is 3.75. The minimum Gasteiger partial charge on any atom is -0.504 e. The monoisotopic (exact) mass is 353 g/mol. The largest absolute Gasteiger partial charge is 0.504 e. The van der Waals surface area contributed by atoms with Crippen LogP contribution in [0.4, 0.5) is 4.39 Å². The number of aromatic hydroxyl groups is 1. The van der Waals surface area contributed by atoms with E-state index in [0.29, 0.717) is 23.4 Å². The van der Waals surface area contributed by atoms with Gasteiger partial charge in [-0.1, -0.05) is 12.1 Å². The van der Waals surface area contributed by atoms with Crippen molar-refractivity contribution in [2.45, 2.75) is 6.92 Å². The topological polar surface area (TPSA) is 79.7 Å². The number of aromatic nitrogens is 1. The molecule has 0 unspecified atom stereocenters. The van der Waals surface area contributed by atoms with E-state index in [2.05, 4.69) is 4.98 Å². The van der Waals surface area contributed by atoms with Crippen molar-refractivity contribution in [3.8, 4) is 11.5 Å². The molecule has 2 aromatic carbocycles. The second-order valence-corrected chi connectivity index (χ2v) is 5.55. The summed E-state index contributed by atoms with van der Waals surface area (Å²) in [6.07, 6.45) is 3.33. The molecule has 0 radical (unpaired) electrons. The van der Waals surface area contributed by atoms with Gasteiger partial charge in [0.25, 0.3) is 0 Å². The number of carbonyl (C=O) groups is 1. The van der Waals surface area contributed by atoms with Gasteiger partial charge in [0.05, 0.1) is 23.4 Å². The molecule has 0 spiro atoms. The third-order valence-corrected chi connectivity index (χ3v) is 3.75. The molecule has 3 rings (SSSR count). The molecule has 3 aromatic rings. The van der Waals surface area contributed by atoms with Gasteiger partial charge in [-0.05, 0) is 48.9 Å². The molecule has 2 N–H and O–H groups in total. The van der Waals surface area contributed by atoms with E-state index in [1.165, 1.54) is 30.3 Å². The average molecular weight is 353 g/mol. The molecule has 0 aliphatic carbocycles. The highest BCUT2D eigenvalue weighted by Crippen LogP contribution is 2.28. The van der Waals surface area contributed by atoms with Crippen molar-refractivity contribution in [1.82, 2.24) is 4.98 Å². The Hall–Kier alpha value is -3.41. The van der Waals surface area contributed by atoms with Crippen LogP contribution in [0.1, 0.15) is 28.5 Å². The number of aromatic carboxylic acids is 1. The Morgan fingerprint density at radius 2 is 2.00 bits per heavy atom. The lowest BCUT2D eigenvalue weighted by Gasteiger charge is -2.06. The molecule has 1 heterocycles. The molecule has 0 aliphatic heterocycles. The predicted molar refractivity (Wildman–Crippen MR) is 96.9 cm³/mol. The predicted octanol–water partition coefficient (Wildman–Crippen LogP) is 4.35. The van der Waals surface area contributed by atoms with E-state index < -0.39 is 11.8 Å². The Morgan fingerprint density at radius 3 is 2.73 bits per heavy atom. The van der Waals surface area contributed by atoms with Crippen LogP contribution in [0, 0.1) is 5.82 Å². The number of rotatable bonds is 5. The maximum absolute atomic E-state index is 13.5. The van der Waals surface area contributed by atoms with Crippen LogP contribution in [0.2, 0.25) is 0 Å². The molecular formula is C20H16FNO4. The van der Waals surface area contributed by atoms with Crippen molar-refractivity contribution in [2.24, 2.45) is 0 Å². The van der Waals surface area contributed by atoms with Crippen LogP contribution in [-0.2, 0) is 0 Å². The molecule has 5 nitrogen and oxygen atoms in total. The number of halogens is 1. The fourth-order valence-electron chi connectivity index (χ4n) is 2.57. The van der Waals surface area contributed by atoms with E-state index in [0.717, 1.165) is 5.56 Å². The van der Waals surface area contributed by atoms with Gasteiger partial charge >= 0.3 is 5.97 Å². The molecule has 1 aromatic heterocycles.